The molecule has 3 rings (SSSR count). The second-order valence-corrected chi connectivity index (χ2v) is 18.8. The number of hydrogen-bond donors (Lipinski definition) is 2. The van der Waals surface area contributed by atoms with E-state index in [-0.39, 0.29) is 19.4 Å². The number of esters is 1. The zero-order chi connectivity index (χ0) is 36.8. The number of hydrogen-bond acceptors (Lipinski definition) is 11. The van der Waals surface area contributed by atoms with Crippen LogP contribution >= 0.6 is 54.5 Å². The van der Waals surface area contributed by atoms with E-state index in [1.807, 2.05) is 12.1 Å². The maximum absolute atomic E-state index is 12.4. The van der Waals surface area contributed by atoms with Crippen LogP contribution in [-0.2, 0) is 41.8 Å². The smallest absolute Gasteiger partial charge is 0.376 e. The first-order valence-electron chi connectivity index (χ1n) is 13.5. The molecule has 3 aromatic carbocycles. The highest BCUT2D eigenvalue weighted by Crippen LogP contribution is 2.48. The summed E-state index contributed by atoms with van der Waals surface area (Å²) in [6, 6.07) is 25.8. The SMILES string of the molecule is CCOC(=O)C(CCC(N)=O)OP(C)(=O)Oc1ccccc1.CP(=O)(Cl)Oc1ccccc1.CP(=O)(O)Oc1ccccc1.O=S(Cl)Cl. The van der Waals surface area contributed by atoms with Gasteiger partial charge in [-0.1, -0.05) is 54.6 Å². The Labute approximate surface area is 296 Å². The molecule has 3 aromatic rings. The Bertz CT molecular complexity index is 1470. The number of para-hydroxylation sites is 3. The maximum atomic E-state index is 12.4. The summed E-state index contributed by atoms with van der Waals surface area (Å²) in [5.41, 5.74) is 5.06. The summed E-state index contributed by atoms with van der Waals surface area (Å²) in [7, 11) is 0.409. The molecule has 0 bridgehead atoms. The van der Waals surface area contributed by atoms with Crippen LogP contribution in [0.15, 0.2) is 91.0 Å². The quantitative estimate of drug-likeness (QED) is 0.0957. The highest BCUT2D eigenvalue weighted by molar-refractivity contribution is 8.26. The molecule has 20 heteroatoms. The Kier molecular flexibility index (Phi) is 22.7. The third-order valence-corrected chi connectivity index (χ3v) is 7.04. The van der Waals surface area contributed by atoms with Gasteiger partial charge < -0.3 is 28.9 Å². The van der Waals surface area contributed by atoms with Gasteiger partial charge in [0.25, 0.3) is 0 Å². The highest BCUT2D eigenvalue weighted by atomic mass is 36.0. The van der Waals surface area contributed by atoms with E-state index >= 15 is 0 Å². The minimum absolute atomic E-state index is 0.0237. The number of benzene rings is 3. The van der Waals surface area contributed by atoms with Crippen LogP contribution in [-0.4, -0.2) is 53.7 Å². The van der Waals surface area contributed by atoms with Crippen molar-refractivity contribution >= 4 is 75.6 Å². The lowest BCUT2D eigenvalue weighted by molar-refractivity contribution is -0.152. The van der Waals surface area contributed by atoms with Crippen molar-refractivity contribution in [2.75, 3.05) is 26.6 Å². The summed E-state index contributed by atoms with van der Waals surface area (Å²) in [4.78, 5) is 31.5. The third-order valence-electron chi connectivity index (χ3n) is 4.57. The largest absolute Gasteiger partial charge is 0.464 e. The van der Waals surface area contributed by atoms with Crippen LogP contribution in [0.25, 0.3) is 0 Å². The van der Waals surface area contributed by atoms with E-state index in [9.17, 15) is 23.3 Å². The van der Waals surface area contributed by atoms with E-state index in [4.69, 9.17) is 48.9 Å². The van der Waals surface area contributed by atoms with Crippen LogP contribution in [0.3, 0.4) is 0 Å². The first-order chi connectivity index (χ1) is 22.2. The van der Waals surface area contributed by atoms with Crippen molar-refractivity contribution < 1.29 is 55.2 Å². The van der Waals surface area contributed by atoms with Crippen molar-refractivity contribution in [1.29, 1.82) is 0 Å². The van der Waals surface area contributed by atoms with Crippen LogP contribution in [0.1, 0.15) is 19.8 Å². The van der Waals surface area contributed by atoms with Gasteiger partial charge in [-0.25, -0.2) is 18.1 Å². The predicted octanol–water partition coefficient (Wildman–Crippen LogP) is 8.15. The first kappa shape index (κ1) is 45.6. The highest BCUT2D eigenvalue weighted by Gasteiger charge is 2.31. The summed E-state index contributed by atoms with van der Waals surface area (Å²) in [6.45, 7) is 2.62. The summed E-state index contributed by atoms with van der Waals surface area (Å²) < 4.78 is 68.1. The van der Waals surface area contributed by atoms with Gasteiger partial charge in [-0.2, -0.15) is 0 Å². The molecule has 268 valence electrons. The second kappa shape index (κ2) is 23.9. The average molecular weight is 811 g/mol. The normalized spacial score (nSPS) is 14.5. The molecule has 0 fully saturated rings. The summed E-state index contributed by atoms with van der Waals surface area (Å²) >= 11 is 5.40. The summed E-state index contributed by atoms with van der Waals surface area (Å²) in [5.74, 6) is 0.00954. The molecular weight excluding hydrogens is 774 g/mol. The van der Waals surface area contributed by atoms with Crippen LogP contribution in [0.2, 0.25) is 0 Å². The molecule has 4 atom stereocenters. The Morgan fingerprint density at radius 1 is 0.792 bits per heavy atom. The maximum Gasteiger partial charge on any atom is 0.376 e. The molecule has 4 unspecified atom stereocenters. The molecule has 0 saturated carbocycles. The second-order valence-electron chi connectivity index (χ2n) is 9.07. The molecule has 0 saturated heterocycles. The van der Waals surface area contributed by atoms with Crippen molar-refractivity contribution in [3.63, 3.8) is 0 Å². The monoisotopic (exact) mass is 809 g/mol. The van der Waals surface area contributed by atoms with Crippen molar-refractivity contribution in [2.24, 2.45) is 5.73 Å². The fourth-order valence-corrected chi connectivity index (χ4v) is 5.45. The van der Waals surface area contributed by atoms with E-state index in [0.29, 0.717) is 17.2 Å². The van der Waals surface area contributed by atoms with E-state index in [0.717, 1.165) is 6.66 Å². The zero-order valence-corrected chi connectivity index (χ0v) is 32.0. The molecular formula is C28H37Cl3NO12P3S. The average Bonchev–Trinajstić information content (AvgIpc) is 2.95. The Balaban J connectivity index is 0.000000709. The molecule has 0 aliphatic heterocycles. The van der Waals surface area contributed by atoms with Gasteiger partial charge >= 0.3 is 27.9 Å². The molecule has 0 aromatic heterocycles. The number of ether oxygens (including phenoxy) is 1. The molecule has 1 amide bonds. The lowest BCUT2D eigenvalue weighted by Crippen LogP contribution is -2.28. The molecule has 0 aliphatic carbocycles. The molecule has 0 spiro atoms. The number of carbonyl (C=O) groups excluding carboxylic acids is 2. The number of halogens is 3. The number of nitrogens with two attached hydrogens (primary N) is 1. The molecule has 0 heterocycles. The predicted molar refractivity (Wildman–Crippen MR) is 190 cm³/mol. The number of carbonyl (C=O) groups is 2. The van der Waals surface area contributed by atoms with Gasteiger partial charge in [-0.05, 0) is 61.0 Å². The zero-order valence-electron chi connectivity index (χ0n) is 26.3. The van der Waals surface area contributed by atoms with E-state index in [2.05, 4.69) is 21.4 Å². The molecule has 13 nitrogen and oxygen atoms in total. The van der Waals surface area contributed by atoms with E-state index < -0.39 is 49.1 Å². The summed E-state index contributed by atoms with van der Waals surface area (Å²) in [6.07, 6.45) is -1.29. The van der Waals surface area contributed by atoms with Gasteiger partial charge in [0.05, 0.1) is 6.61 Å². The standard InChI is InChI=1S/C14H20NO6P.C7H8ClO2P.C7H9O3P.Cl2OS/c1-3-19-14(17)12(9-10-13(15)16)21-22(2,18)20-11-7-5-4-6-8-11;2*1-11(8,9)10-7-5-3-2-4-6-7;1-4(2)3/h4-8,12H,3,9-10H2,1-2H3,(H2,15,16);2-6H,1H3;2-6H,1H3,(H,8,9);. The van der Waals surface area contributed by atoms with Gasteiger partial charge in [-0.15, -0.1) is 0 Å². The Hall–Kier alpha value is -2.37. The number of rotatable bonds is 13. The summed E-state index contributed by atoms with van der Waals surface area (Å²) in [5, 5.41) is 0. The van der Waals surface area contributed by atoms with Gasteiger partial charge in [0.2, 0.25) is 15.1 Å². The minimum Gasteiger partial charge on any atom is -0.464 e. The number of amides is 1. The van der Waals surface area contributed by atoms with Crippen molar-refractivity contribution in [2.45, 2.75) is 25.9 Å². The minimum atomic E-state index is -3.56. The fourth-order valence-electron chi connectivity index (χ4n) is 2.99. The first-order valence-corrected chi connectivity index (χ1v) is 23.3. The Morgan fingerprint density at radius 2 is 1.17 bits per heavy atom. The topological polar surface area (TPSA) is 195 Å². The van der Waals surface area contributed by atoms with Gasteiger partial charge in [0.15, 0.2) is 6.10 Å². The molecule has 3 N–H and O–H groups in total. The van der Waals surface area contributed by atoms with Gasteiger partial charge in [0, 0.05) is 47.8 Å². The molecule has 48 heavy (non-hydrogen) atoms. The third kappa shape index (κ3) is 27.6. The molecule has 0 radical (unpaired) electrons. The number of primary amides is 1. The Morgan fingerprint density at radius 3 is 1.50 bits per heavy atom. The van der Waals surface area contributed by atoms with Gasteiger partial charge in [-0.3, -0.25) is 13.9 Å². The molecule has 0 aliphatic rings. The lowest BCUT2D eigenvalue weighted by Gasteiger charge is -2.21. The van der Waals surface area contributed by atoms with Gasteiger partial charge in [0.1, 0.15) is 17.2 Å². The van der Waals surface area contributed by atoms with Crippen LogP contribution in [0, 0.1) is 0 Å². The lowest BCUT2D eigenvalue weighted by atomic mass is 10.2. The van der Waals surface area contributed by atoms with E-state index in [1.54, 1.807) is 85.8 Å². The van der Waals surface area contributed by atoms with Crippen LogP contribution < -0.4 is 19.3 Å². The van der Waals surface area contributed by atoms with Crippen molar-refractivity contribution in [3.8, 4) is 17.2 Å². The van der Waals surface area contributed by atoms with Crippen molar-refractivity contribution in [3.05, 3.63) is 91.0 Å². The van der Waals surface area contributed by atoms with Crippen molar-refractivity contribution in [1.82, 2.24) is 0 Å². The fraction of sp³-hybridized carbons (Fsp3) is 0.286. The van der Waals surface area contributed by atoms with Crippen LogP contribution in [0.5, 0.6) is 17.2 Å². The van der Waals surface area contributed by atoms with E-state index in [1.165, 1.54) is 13.3 Å². The van der Waals surface area contributed by atoms with Crippen LogP contribution in [0.4, 0.5) is 0 Å².